The van der Waals surface area contributed by atoms with Gasteiger partial charge in [-0.05, 0) is 48.9 Å². The topological polar surface area (TPSA) is 212 Å². The molecule has 0 aromatic heterocycles. The molecule has 13 heteroatoms. The number of ether oxygens (including phenoxy) is 4. The lowest BCUT2D eigenvalue weighted by atomic mass is 9.74. The number of Topliss-reactive ketones (excluding diaryl/α,β-unsaturated/α-hetero) is 2. The minimum absolute atomic E-state index is 0.0199. The van der Waals surface area contributed by atoms with E-state index in [0.29, 0.717) is 22.3 Å². The molecule has 2 spiro atoms. The molecule has 2 unspecified atom stereocenters. The van der Waals surface area contributed by atoms with Crippen molar-refractivity contribution in [2.24, 2.45) is 0 Å². The van der Waals surface area contributed by atoms with Crippen molar-refractivity contribution in [1.82, 2.24) is 0 Å². The summed E-state index contributed by atoms with van der Waals surface area (Å²) in [5, 5.41) is 42.5. The Kier molecular flexibility index (Phi) is 7.23. The lowest BCUT2D eigenvalue weighted by Crippen LogP contribution is -2.35. The van der Waals surface area contributed by atoms with Gasteiger partial charge in [-0.1, -0.05) is 36.4 Å². The van der Waals surface area contributed by atoms with Crippen LogP contribution in [0.25, 0.3) is 0 Å². The highest BCUT2D eigenvalue weighted by atomic mass is 16.6. The molecule has 0 radical (unpaired) electrons. The van der Waals surface area contributed by atoms with Crippen LogP contribution in [0.4, 0.5) is 5.69 Å². The Labute approximate surface area is 328 Å². The molecule has 58 heavy (non-hydrogen) atoms. The molecule has 286 valence electrons. The molecular weight excluding hydrogens is 746 g/mol. The number of ketones is 2. The van der Waals surface area contributed by atoms with E-state index in [1.807, 2.05) is 0 Å². The standard InChI is InChI=1S/C45H29NO12/c46-41-33(52)20-37-40(45(30-15-13-22(48)18-35(30)56-37)28-9-4-2-7-25(28)43(54)58-45)38(41)32(51)11-5-10-31(50)26-16-23(49)19-36-39(26)44(29-14-12-21(47)17-34(29)55-36)27-8-3-1-6-24(27)42(53)57-44/h1-4,6-9,12-20,47-49,52H,5,10-11,46H2. The van der Waals surface area contributed by atoms with Crippen LogP contribution >= 0.6 is 0 Å². The summed E-state index contributed by atoms with van der Waals surface area (Å²) in [7, 11) is 0. The van der Waals surface area contributed by atoms with Crippen molar-refractivity contribution >= 4 is 29.2 Å². The van der Waals surface area contributed by atoms with Crippen molar-refractivity contribution in [2.45, 2.75) is 30.5 Å². The van der Waals surface area contributed by atoms with Gasteiger partial charge in [0.05, 0.1) is 33.5 Å². The normalized spacial score (nSPS) is 18.8. The van der Waals surface area contributed by atoms with E-state index in [4.69, 9.17) is 24.7 Å². The van der Waals surface area contributed by atoms with Gasteiger partial charge >= 0.3 is 11.9 Å². The van der Waals surface area contributed by atoms with Crippen molar-refractivity contribution in [3.63, 3.8) is 0 Å². The Morgan fingerprint density at radius 2 is 1.05 bits per heavy atom. The Balaban J connectivity index is 1.03. The van der Waals surface area contributed by atoms with Crippen molar-refractivity contribution in [1.29, 1.82) is 0 Å². The van der Waals surface area contributed by atoms with Crippen molar-refractivity contribution in [3.8, 4) is 46.0 Å². The number of nitrogens with two attached hydrogens (primary N) is 1. The van der Waals surface area contributed by atoms with Gasteiger partial charge < -0.3 is 45.1 Å². The third-order valence-corrected chi connectivity index (χ3v) is 11.2. The second-order valence-electron chi connectivity index (χ2n) is 14.4. The number of phenols is 4. The van der Waals surface area contributed by atoms with Crippen molar-refractivity contribution in [3.05, 3.63) is 159 Å². The van der Waals surface area contributed by atoms with Gasteiger partial charge in [0.25, 0.3) is 0 Å². The first-order valence-corrected chi connectivity index (χ1v) is 18.2. The number of hydrogen-bond acceptors (Lipinski definition) is 13. The molecule has 0 amide bonds. The molecule has 4 aliphatic heterocycles. The third kappa shape index (κ3) is 4.64. The first kappa shape index (κ1) is 34.7. The second kappa shape index (κ2) is 12.1. The Morgan fingerprint density at radius 1 is 0.552 bits per heavy atom. The number of anilines is 1. The zero-order valence-electron chi connectivity index (χ0n) is 30.1. The van der Waals surface area contributed by atoms with Crippen molar-refractivity contribution in [2.75, 3.05) is 5.73 Å². The van der Waals surface area contributed by atoms with Crippen LogP contribution in [-0.4, -0.2) is 43.9 Å². The molecule has 6 aromatic carbocycles. The van der Waals surface area contributed by atoms with Crippen LogP contribution in [0.1, 0.15) is 94.1 Å². The van der Waals surface area contributed by atoms with Gasteiger partial charge in [-0.2, -0.15) is 0 Å². The van der Waals surface area contributed by atoms with E-state index in [2.05, 4.69) is 0 Å². The zero-order valence-corrected chi connectivity index (χ0v) is 30.1. The predicted octanol–water partition coefficient (Wildman–Crippen LogP) is 7.46. The number of fused-ring (bicyclic) bond motifs is 12. The van der Waals surface area contributed by atoms with Crippen LogP contribution in [0.5, 0.6) is 46.0 Å². The molecule has 4 aliphatic rings. The highest BCUT2D eigenvalue weighted by Gasteiger charge is 2.57. The van der Waals surface area contributed by atoms with Gasteiger partial charge in [-0.15, -0.1) is 0 Å². The number of aromatic hydroxyl groups is 4. The second-order valence-corrected chi connectivity index (χ2v) is 14.4. The van der Waals surface area contributed by atoms with E-state index in [-0.39, 0.29) is 98.6 Å². The highest BCUT2D eigenvalue weighted by molar-refractivity contribution is 6.07. The molecule has 2 atom stereocenters. The van der Waals surface area contributed by atoms with E-state index in [9.17, 15) is 39.6 Å². The van der Waals surface area contributed by atoms with Crippen molar-refractivity contribution < 1.29 is 58.6 Å². The SMILES string of the molecule is Nc1c(O)cc2c(c1C(=O)CCCC(=O)c1cc(O)cc3c1C1(OC(=O)c4ccccc41)c1ccc(O)cc1O3)C1(OC(=O)c3ccccc31)c1ccc(O)cc1O2. The molecule has 13 nitrogen and oxygen atoms in total. The van der Waals surface area contributed by atoms with Gasteiger partial charge in [0.2, 0.25) is 0 Å². The molecule has 0 saturated carbocycles. The van der Waals surface area contributed by atoms with Gasteiger partial charge in [0.1, 0.15) is 46.0 Å². The van der Waals surface area contributed by atoms with Crippen LogP contribution in [0.3, 0.4) is 0 Å². The van der Waals surface area contributed by atoms with E-state index < -0.39 is 40.5 Å². The van der Waals surface area contributed by atoms with E-state index in [1.54, 1.807) is 54.6 Å². The number of benzene rings is 6. The Morgan fingerprint density at radius 3 is 1.64 bits per heavy atom. The third-order valence-electron chi connectivity index (χ3n) is 11.2. The maximum absolute atomic E-state index is 14.5. The Hall–Kier alpha value is -7.80. The summed E-state index contributed by atoms with van der Waals surface area (Å²) in [6.07, 6.45) is -0.601. The average molecular weight is 776 g/mol. The van der Waals surface area contributed by atoms with Gasteiger partial charge in [-0.25, -0.2) is 9.59 Å². The summed E-state index contributed by atoms with van der Waals surface area (Å²) in [5.41, 5.74) is 4.71. The quantitative estimate of drug-likeness (QED) is 0.0482. The van der Waals surface area contributed by atoms with E-state index in [0.717, 1.165) is 0 Å². The summed E-state index contributed by atoms with van der Waals surface area (Å²) in [6, 6.07) is 25.6. The predicted molar refractivity (Wildman–Crippen MR) is 203 cm³/mol. The fourth-order valence-corrected chi connectivity index (χ4v) is 8.80. The fraction of sp³-hybridized carbons (Fsp3) is 0.111. The van der Waals surface area contributed by atoms with Crippen LogP contribution in [-0.2, 0) is 20.7 Å². The van der Waals surface area contributed by atoms with Gasteiger partial charge in [0, 0.05) is 64.9 Å². The number of hydrogen-bond donors (Lipinski definition) is 5. The molecule has 0 fully saturated rings. The molecule has 6 N–H and O–H groups in total. The van der Waals surface area contributed by atoms with E-state index >= 15 is 0 Å². The number of rotatable bonds is 6. The molecule has 0 bridgehead atoms. The number of phenolic OH excluding ortho intramolecular Hbond substituents is 4. The maximum Gasteiger partial charge on any atom is 0.340 e. The monoisotopic (exact) mass is 775 g/mol. The highest BCUT2D eigenvalue weighted by Crippen LogP contribution is 2.60. The zero-order chi connectivity index (χ0) is 40.2. The number of carbonyl (C=O) groups is 4. The van der Waals surface area contributed by atoms with E-state index in [1.165, 1.54) is 48.5 Å². The smallest absolute Gasteiger partial charge is 0.340 e. The van der Waals surface area contributed by atoms with Crippen LogP contribution < -0.4 is 15.2 Å². The van der Waals surface area contributed by atoms with Gasteiger partial charge in [-0.3, -0.25) is 9.59 Å². The lowest BCUT2D eigenvalue weighted by Gasteiger charge is -2.38. The van der Waals surface area contributed by atoms with Crippen LogP contribution in [0, 0.1) is 0 Å². The number of nitrogen functional groups attached to an aromatic ring is 1. The first-order chi connectivity index (χ1) is 27.9. The Bertz CT molecular complexity index is 2880. The summed E-state index contributed by atoms with van der Waals surface area (Å²) in [4.78, 5) is 55.7. The molecule has 10 rings (SSSR count). The maximum atomic E-state index is 14.5. The molecular formula is C45H29NO12. The summed E-state index contributed by atoms with van der Waals surface area (Å²) in [6.45, 7) is 0. The summed E-state index contributed by atoms with van der Waals surface area (Å²) in [5.74, 6) is -3.26. The minimum atomic E-state index is -1.76. The minimum Gasteiger partial charge on any atom is -0.508 e. The summed E-state index contributed by atoms with van der Waals surface area (Å²) >= 11 is 0. The number of carbonyl (C=O) groups excluding carboxylic acids is 4. The van der Waals surface area contributed by atoms with Crippen LogP contribution in [0.15, 0.2) is 103 Å². The van der Waals surface area contributed by atoms with Gasteiger partial charge in [0.15, 0.2) is 22.8 Å². The first-order valence-electron chi connectivity index (χ1n) is 18.2. The number of esters is 2. The molecule has 4 heterocycles. The van der Waals surface area contributed by atoms with Crippen LogP contribution in [0.2, 0.25) is 0 Å². The largest absolute Gasteiger partial charge is 0.508 e. The molecule has 0 aliphatic carbocycles. The summed E-state index contributed by atoms with van der Waals surface area (Å²) < 4.78 is 24.6. The molecule has 6 aromatic rings. The average Bonchev–Trinajstić information content (AvgIpc) is 3.65. The lowest BCUT2D eigenvalue weighted by molar-refractivity contribution is 0.0211. The fourth-order valence-electron chi connectivity index (χ4n) is 8.80. The molecule has 0 saturated heterocycles.